The molecular weight excluding hydrogens is 214 g/mol. The average Bonchev–Trinajstić information content (AvgIpc) is 2.79. The summed E-state index contributed by atoms with van der Waals surface area (Å²) in [5, 5.41) is 30.2. The van der Waals surface area contributed by atoms with Crippen LogP contribution in [-0.2, 0) is 4.74 Å². The quantitative estimate of drug-likeness (QED) is 0.348. The molecule has 0 aromatic carbocycles. The Balaban J connectivity index is 2.21. The van der Waals surface area contributed by atoms with Crippen LogP contribution in [0, 0.1) is 5.41 Å². The van der Waals surface area contributed by atoms with Gasteiger partial charge in [-0.2, -0.15) is 0 Å². The van der Waals surface area contributed by atoms with Gasteiger partial charge in [-0.05, 0) is 6.92 Å². The molecule has 2 unspecified atom stereocenters. The zero-order chi connectivity index (χ0) is 11.9. The van der Waals surface area contributed by atoms with Crippen LogP contribution in [0.5, 0.6) is 0 Å². The number of hydrogen-bond acceptors (Lipinski definition) is 6. The molecule has 0 aliphatic carbocycles. The number of rotatable bonds is 2. The van der Waals surface area contributed by atoms with Gasteiger partial charge in [0.05, 0.1) is 6.10 Å². The van der Waals surface area contributed by atoms with E-state index in [1.807, 2.05) is 0 Å². The minimum atomic E-state index is -1.07. The van der Waals surface area contributed by atoms with E-state index in [0.29, 0.717) is 0 Å². The normalized spacial score (nSPS) is 34.2. The topological polar surface area (TPSA) is 130 Å². The Hall–Kier alpha value is -1.51. The van der Waals surface area contributed by atoms with Crippen molar-refractivity contribution in [2.24, 2.45) is 5.73 Å². The maximum atomic E-state index is 9.68. The fraction of sp³-hybridized carbons (Fsp3) is 0.625. The third kappa shape index (κ3) is 1.66. The van der Waals surface area contributed by atoms with Crippen LogP contribution < -0.4 is 5.73 Å². The third-order valence-electron chi connectivity index (χ3n) is 2.49. The summed E-state index contributed by atoms with van der Waals surface area (Å²) in [6.45, 7) is 1.65. The van der Waals surface area contributed by atoms with Gasteiger partial charge in [-0.25, -0.2) is 9.67 Å². The van der Waals surface area contributed by atoms with Crippen LogP contribution in [0.3, 0.4) is 0 Å². The van der Waals surface area contributed by atoms with Crippen molar-refractivity contribution in [3.63, 3.8) is 0 Å². The predicted molar refractivity (Wildman–Crippen MR) is 52.6 cm³/mol. The molecule has 1 fully saturated rings. The Morgan fingerprint density at radius 1 is 1.56 bits per heavy atom. The lowest BCUT2D eigenvalue weighted by molar-refractivity contribution is -0.0399. The molecule has 0 amide bonds. The highest BCUT2D eigenvalue weighted by molar-refractivity contribution is 5.90. The molecule has 16 heavy (non-hydrogen) atoms. The van der Waals surface area contributed by atoms with E-state index < -0.39 is 24.5 Å². The van der Waals surface area contributed by atoms with Crippen LogP contribution in [0.4, 0.5) is 0 Å². The number of nitrogens with zero attached hydrogens (tertiary/aromatic N) is 3. The lowest BCUT2D eigenvalue weighted by Gasteiger charge is -2.13. The Kier molecular flexibility index (Phi) is 2.62. The number of amidine groups is 1. The summed E-state index contributed by atoms with van der Waals surface area (Å²) in [5.74, 6) is -0.204. The fourth-order valence-electron chi connectivity index (χ4n) is 1.57. The van der Waals surface area contributed by atoms with Crippen LogP contribution in [0.25, 0.3) is 0 Å². The molecule has 2 rings (SSSR count). The summed E-state index contributed by atoms with van der Waals surface area (Å²) in [6.07, 6.45) is -2.02. The second kappa shape index (κ2) is 3.81. The molecule has 1 saturated heterocycles. The van der Waals surface area contributed by atoms with E-state index in [1.165, 1.54) is 11.0 Å². The second-order valence-corrected chi connectivity index (χ2v) is 3.67. The summed E-state index contributed by atoms with van der Waals surface area (Å²) in [5.41, 5.74) is 5.21. The Morgan fingerprint density at radius 3 is 2.69 bits per heavy atom. The first-order chi connectivity index (χ1) is 7.50. The zero-order valence-corrected chi connectivity index (χ0v) is 8.61. The molecule has 2 heterocycles. The van der Waals surface area contributed by atoms with Crippen molar-refractivity contribution in [3.8, 4) is 0 Å². The molecule has 0 spiro atoms. The molecule has 1 aromatic rings. The van der Waals surface area contributed by atoms with Crippen LogP contribution in [-0.4, -0.2) is 49.1 Å². The summed E-state index contributed by atoms with van der Waals surface area (Å²) in [6, 6.07) is 0. The number of aromatic nitrogens is 3. The highest BCUT2D eigenvalue weighted by Gasteiger charge is 2.41. The van der Waals surface area contributed by atoms with Crippen molar-refractivity contribution in [1.29, 1.82) is 5.41 Å². The maximum Gasteiger partial charge on any atom is 0.215 e. The molecular formula is C8H13N5O3. The number of nitrogen functional groups attached to an aromatic ring is 1. The van der Waals surface area contributed by atoms with Gasteiger partial charge in [0.25, 0.3) is 0 Å². The van der Waals surface area contributed by atoms with Gasteiger partial charge in [0.2, 0.25) is 5.82 Å². The average molecular weight is 227 g/mol. The van der Waals surface area contributed by atoms with Crippen LogP contribution in [0.15, 0.2) is 6.33 Å². The van der Waals surface area contributed by atoms with E-state index in [9.17, 15) is 10.2 Å². The number of nitrogens with one attached hydrogen (secondary N) is 1. The van der Waals surface area contributed by atoms with Gasteiger partial charge in [-0.1, -0.05) is 0 Å². The van der Waals surface area contributed by atoms with Crippen LogP contribution in [0.2, 0.25) is 0 Å². The first kappa shape index (κ1) is 11.0. The lowest BCUT2D eigenvalue weighted by atomic mass is 10.1. The molecule has 4 atom stereocenters. The number of hydrogen-bond donors (Lipinski definition) is 4. The molecule has 0 radical (unpaired) electrons. The van der Waals surface area contributed by atoms with E-state index in [1.54, 1.807) is 6.92 Å². The first-order valence-corrected chi connectivity index (χ1v) is 4.78. The van der Waals surface area contributed by atoms with Crippen LogP contribution in [0.1, 0.15) is 19.0 Å². The standard InChI is InChI=1S/C8H13N5O3/c1-3-4(14)5(15)8(16-3)13-2-11-7(12-13)6(9)10/h2-5,8,14-15H,1H3,(H3,9,10)/t3-,4?,5+,8?/m0/s1. The number of nitrogens with two attached hydrogens (primary N) is 1. The van der Waals surface area contributed by atoms with Gasteiger partial charge in [-0.3, -0.25) is 5.41 Å². The molecule has 5 N–H and O–H groups in total. The van der Waals surface area contributed by atoms with Crippen molar-refractivity contribution in [2.45, 2.75) is 31.5 Å². The smallest absolute Gasteiger partial charge is 0.215 e. The Bertz CT molecular complexity index is 406. The monoisotopic (exact) mass is 227 g/mol. The lowest BCUT2D eigenvalue weighted by Crippen LogP contribution is -2.30. The maximum absolute atomic E-state index is 9.68. The van der Waals surface area contributed by atoms with Gasteiger partial charge in [-0.15, -0.1) is 5.10 Å². The van der Waals surface area contributed by atoms with Crippen molar-refractivity contribution in [2.75, 3.05) is 0 Å². The second-order valence-electron chi connectivity index (χ2n) is 3.67. The first-order valence-electron chi connectivity index (χ1n) is 4.78. The number of aliphatic hydroxyl groups excluding tert-OH is 2. The van der Waals surface area contributed by atoms with Crippen molar-refractivity contribution in [3.05, 3.63) is 12.2 Å². The molecule has 0 saturated carbocycles. The van der Waals surface area contributed by atoms with E-state index >= 15 is 0 Å². The predicted octanol–water partition coefficient (Wildman–Crippen LogP) is -1.80. The molecule has 8 nitrogen and oxygen atoms in total. The number of aliphatic hydroxyl groups is 2. The van der Waals surface area contributed by atoms with Crippen molar-refractivity contribution in [1.82, 2.24) is 14.8 Å². The summed E-state index contributed by atoms with van der Waals surface area (Å²) in [4.78, 5) is 3.77. The highest BCUT2D eigenvalue weighted by atomic mass is 16.6. The number of ether oxygens (including phenoxy) is 1. The summed E-state index contributed by atoms with van der Waals surface area (Å²) >= 11 is 0. The fourth-order valence-corrected chi connectivity index (χ4v) is 1.57. The molecule has 1 aliphatic rings. The van der Waals surface area contributed by atoms with Crippen molar-refractivity contribution >= 4 is 5.84 Å². The zero-order valence-electron chi connectivity index (χ0n) is 8.61. The van der Waals surface area contributed by atoms with Gasteiger partial charge in [0.15, 0.2) is 12.1 Å². The molecule has 88 valence electrons. The molecule has 1 aliphatic heterocycles. The Labute approximate surface area is 91.2 Å². The molecule has 8 heteroatoms. The van der Waals surface area contributed by atoms with E-state index in [4.69, 9.17) is 15.9 Å². The minimum Gasteiger partial charge on any atom is -0.388 e. The van der Waals surface area contributed by atoms with Gasteiger partial charge in [0.1, 0.15) is 18.5 Å². The molecule has 0 bridgehead atoms. The van der Waals surface area contributed by atoms with Gasteiger partial charge < -0.3 is 20.7 Å². The van der Waals surface area contributed by atoms with Crippen LogP contribution >= 0.6 is 0 Å². The van der Waals surface area contributed by atoms with Gasteiger partial charge >= 0.3 is 0 Å². The van der Waals surface area contributed by atoms with E-state index in [2.05, 4.69) is 10.1 Å². The SMILES string of the molecule is C[C@@H]1OC(n2cnc(C(=N)N)n2)[C@H](O)C1O. The largest absolute Gasteiger partial charge is 0.388 e. The Morgan fingerprint density at radius 2 is 2.25 bits per heavy atom. The highest BCUT2D eigenvalue weighted by Crippen LogP contribution is 2.28. The van der Waals surface area contributed by atoms with E-state index in [0.717, 1.165) is 0 Å². The third-order valence-corrected chi connectivity index (χ3v) is 2.49. The summed E-state index contributed by atoms with van der Waals surface area (Å²) < 4.78 is 6.56. The van der Waals surface area contributed by atoms with Gasteiger partial charge in [0, 0.05) is 0 Å². The summed E-state index contributed by atoms with van der Waals surface area (Å²) in [7, 11) is 0. The molecule has 1 aromatic heterocycles. The van der Waals surface area contributed by atoms with Crippen molar-refractivity contribution < 1.29 is 14.9 Å². The minimum absolute atomic E-state index is 0.0600. The van der Waals surface area contributed by atoms with E-state index in [-0.39, 0.29) is 11.7 Å².